The average Bonchev–Trinajstić information content (AvgIpc) is 2.57. The Balaban J connectivity index is 2.03. The van der Waals surface area contributed by atoms with Crippen LogP contribution >= 0.6 is 0 Å². The molecular weight excluding hydrogens is 342 g/mol. The van der Waals surface area contributed by atoms with Gasteiger partial charge in [0.25, 0.3) is 0 Å². The first kappa shape index (κ1) is 19.5. The third kappa shape index (κ3) is 5.61. The van der Waals surface area contributed by atoms with Crippen molar-refractivity contribution in [2.45, 2.75) is 33.4 Å². The van der Waals surface area contributed by atoms with Gasteiger partial charge in [-0.3, -0.25) is 0 Å². The van der Waals surface area contributed by atoms with Gasteiger partial charge in [0, 0.05) is 0 Å². The molecule has 0 aromatic heterocycles. The summed E-state index contributed by atoms with van der Waals surface area (Å²) in [5.74, 6) is 0.631. The zero-order chi connectivity index (χ0) is 19.1. The predicted octanol–water partition coefficient (Wildman–Crippen LogP) is 4.88. The second-order valence-electron chi connectivity index (χ2n) is 5.70. The van der Waals surface area contributed by atoms with Crippen LogP contribution in [0, 0.1) is 6.92 Å². The Morgan fingerprint density at radius 3 is 2.65 bits per heavy atom. The first-order valence-corrected chi connectivity index (χ1v) is 8.24. The van der Waals surface area contributed by atoms with Crippen LogP contribution in [0.5, 0.6) is 11.5 Å². The van der Waals surface area contributed by atoms with Crippen LogP contribution in [0.2, 0.25) is 0 Å². The number of hydrogen-bond donors (Lipinski definition) is 2. The highest BCUT2D eigenvalue weighted by Gasteiger charge is 2.13. The number of rotatable bonds is 7. The Labute approximate surface area is 151 Å². The molecule has 2 amide bonds. The van der Waals surface area contributed by atoms with Gasteiger partial charge in [0.2, 0.25) is 0 Å². The van der Waals surface area contributed by atoms with Gasteiger partial charge in [-0.2, -0.15) is 8.78 Å². The number of urea groups is 1. The van der Waals surface area contributed by atoms with E-state index in [0.29, 0.717) is 23.6 Å². The monoisotopic (exact) mass is 364 g/mol. The Hall–Kier alpha value is -2.83. The molecule has 1 unspecified atom stereocenters. The summed E-state index contributed by atoms with van der Waals surface area (Å²) >= 11 is 0. The molecule has 0 saturated heterocycles. The van der Waals surface area contributed by atoms with Gasteiger partial charge in [0.05, 0.1) is 18.3 Å². The summed E-state index contributed by atoms with van der Waals surface area (Å²) < 4.78 is 34.6. The van der Waals surface area contributed by atoms with Gasteiger partial charge in [0.1, 0.15) is 11.5 Å². The number of hydrogen-bond acceptors (Lipinski definition) is 3. The minimum atomic E-state index is -2.89. The summed E-state index contributed by atoms with van der Waals surface area (Å²) in [4.78, 5) is 12.3. The molecule has 2 aromatic carbocycles. The SMILES string of the molecule is CCOc1cc(C)ccc1NC(=O)NC(C)c1cccc(OC(F)F)c1. The van der Waals surface area contributed by atoms with Crippen molar-refractivity contribution in [3.8, 4) is 11.5 Å². The maximum Gasteiger partial charge on any atom is 0.387 e. The maximum atomic E-state index is 12.3. The number of ether oxygens (including phenoxy) is 2. The largest absolute Gasteiger partial charge is 0.492 e. The Kier molecular flexibility index (Phi) is 6.77. The lowest BCUT2D eigenvalue weighted by molar-refractivity contribution is -0.0499. The number of carbonyl (C=O) groups excluding carboxylic acids is 1. The Bertz CT molecular complexity index is 753. The van der Waals surface area contributed by atoms with Crippen LogP contribution in [0.3, 0.4) is 0 Å². The molecule has 0 spiro atoms. The second-order valence-corrected chi connectivity index (χ2v) is 5.70. The molecule has 0 saturated carbocycles. The van der Waals surface area contributed by atoms with Crippen molar-refractivity contribution >= 4 is 11.7 Å². The van der Waals surface area contributed by atoms with Gasteiger partial charge in [-0.25, -0.2) is 4.79 Å². The number of alkyl halides is 2. The minimum Gasteiger partial charge on any atom is -0.492 e. The molecule has 140 valence electrons. The lowest BCUT2D eigenvalue weighted by Crippen LogP contribution is -2.31. The molecule has 0 fully saturated rings. The molecule has 2 N–H and O–H groups in total. The number of anilines is 1. The normalized spacial score (nSPS) is 11.8. The molecule has 5 nitrogen and oxygen atoms in total. The van der Waals surface area contributed by atoms with E-state index in [1.165, 1.54) is 12.1 Å². The van der Waals surface area contributed by atoms with E-state index in [1.54, 1.807) is 25.1 Å². The molecule has 26 heavy (non-hydrogen) atoms. The van der Waals surface area contributed by atoms with Gasteiger partial charge >= 0.3 is 12.6 Å². The highest BCUT2D eigenvalue weighted by Crippen LogP contribution is 2.26. The fourth-order valence-electron chi connectivity index (χ4n) is 2.41. The second kappa shape index (κ2) is 9.03. The molecule has 0 aliphatic rings. The van der Waals surface area contributed by atoms with E-state index in [4.69, 9.17) is 4.74 Å². The summed E-state index contributed by atoms with van der Waals surface area (Å²) in [5, 5.41) is 5.50. The Morgan fingerprint density at radius 2 is 1.96 bits per heavy atom. The zero-order valence-corrected chi connectivity index (χ0v) is 14.9. The molecule has 0 aliphatic carbocycles. The number of benzene rings is 2. The van der Waals surface area contributed by atoms with Gasteiger partial charge in [-0.1, -0.05) is 18.2 Å². The van der Waals surface area contributed by atoms with E-state index < -0.39 is 18.7 Å². The lowest BCUT2D eigenvalue weighted by atomic mass is 10.1. The van der Waals surface area contributed by atoms with Gasteiger partial charge < -0.3 is 20.1 Å². The predicted molar refractivity (Wildman–Crippen MR) is 96.0 cm³/mol. The highest BCUT2D eigenvalue weighted by atomic mass is 19.3. The van der Waals surface area contributed by atoms with Crippen molar-refractivity contribution in [3.05, 3.63) is 53.6 Å². The van der Waals surface area contributed by atoms with Gasteiger partial charge in [-0.05, 0) is 56.2 Å². The molecule has 1 atom stereocenters. The van der Waals surface area contributed by atoms with Gasteiger partial charge in [0.15, 0.2) is 0 Å². The van der Waals surface area contributed by atoms with E-state index in [2.05, 4.69) is 15.4 Å². The summed E-state index contributed by atoms with van der Waals surface area (Å²) in [6.07, 6.45) is 0. The number of aryl methyl sites for hydroxylation is 1. The van der Waals surface area contributed by atoms with Crippen molar-refractivity contribution in [1.82, 2.24) is 5.32 Å². The number of carbonyl (C=O) groups is 1. The number of nitrogens with one attached hydrogen (secondary N) is 2. The van der Waals surface area contributed by atoms with E-state index >= 15 is 0 Å². The molecule has 2 aromatic rings. The molecule has 7 heteroatoms. The summed E-state index contributed by atoms with van der Waals surface area (Å²) in [5.41, 5.74) is 2.22. The third-order valence-corrected chi connectivity index (χ3v) is 3.62. The lowest BCUT2D eigenvalue weighted by Gasteiger charge is -2.17. The van der Waals surface area contributed by atoms with Crippen LogP contribution in [0.15, 0.2) is 42.5 Å². The average molecular weight is 364 g/mol. The first-order chi connectivity index (χ1) is 12.4. The summed E-state index contributed by atoms with van der Waals surface area (Å²) in [7, 11) is 0. The fourth-order valence-corrected chi connectivity index (χ4v) is 2.41. The van der Waals surface area contributed by atoms with E-state index in [9.17, 15) is 13.6 Å². The maximum absolute atomic E-state index is 12.3. The summed E-state index contributed by atoms with van der Waals surface area (Å²) in [6, 6.07) is 10.9. The zero-order valence-electron chi connectivity index (χ0n) is 14.9. The Morgan fingerprint density at radius 1 is 1.19 bits per heavy atom. The standard InChI is InChI=1S/C19H22F2N2O3/c1-4-25-17-10-12(2)8-9-16(17)23-19(24)22-13(3)14-6-5-7-15(11-14)26-18(20)21/h5-11,13,18H,4H2,1-3H3,(H2,22,23,24). The van der Waals surface area contributed by atoms with Crippen LogP contribution in [0.25, 0.3) is 0 Å². The van der Waals surface area contributed by atoms with E-state index in [1.807, 2.05) is 26.0 Å². The molecule has 0 radical (unpaired) electrons. The number of amides is 2. The van der Waals surface area contributed by atoms with Crippen molar-refractivity contribution in [3.63, 3.8) is 0 Å². The van der Waals surface area contributed by atoms with Crippen molar-refractivity contribution in [2.75, 3.05) is 11.9 Å². The topological polar surface area (TPSA) is 59.6 Å². The quantitative estimate of drug-likeness (QED) is 0.736. The van der Waals surface area contributed by atoms with E-state index in [0.717, 1.165) is 5.56 Å². The van der Waals surface area contributed by atoms with Crippen LogP contribution in [-0.4, -0.2) is 19.2 Å². The van der Waals surface area contributed by atoms with Crippen LogP contribution in [0.4, 0.5) is 19.3 Å². The van der Waals surface area contributed by atoms with Crippen molar-refractivity contribution in [1.29, 1.82) is 0 Å². The van der Waals surface area contributed by atoms with Crippen LogP contribution in [-0.2, 0) is 0 Å². The molecule has 0 aliphatic heterocycles. The molecular formula is C19H22F2N2O3. The summed E-state index contributed by atoms with van der Waals surface area (Å²) in [6.45, 7) is 3.13. The molecule has 0 bridgehead atoms. The number of halogens is 2. The van der Waals surface area contributed by atoms with Gasteiger partial charge in [-0.15, -0.1) is 0 Å². The molecule has 0 heterocycles. The van der Waals surface area contributed by atoms with Crippen molar-refractivity contribution in [2.24, 2.45) is 0 Å². The van der Waals surface area contributed by atoms with E-state index in [-0.39, 0.29) is 5.75 Å². The fraction of sp³-hybridized carbons (Fsp3) is 0.316. The minimum absolute atomic E-state index is 0.0451. The van der Waals surface area contributed by atoms with Crippen molar-refractivity contribution < 1.29 is 23.0 Å². The highest BCUT2D eigenvalue weighted by molar-refractivity contribution is 5.91. The third-order valence-electron chi connectivity index (χ3n) is 3.62. The first-order valence-electron chi connectivity index (χ1n) is 8.24. The van der Waals surface area contributed by atoms with Crippen LogP contribution < -0.4 is 20.1 Å². The van der Waals surface area contributed by atoms with Crippen LogP contribution in [0.1, 0.15) is 31.0 Å². The smallest absolute Gasteiger partial charge is 0.387 e. The molecule has 2 rings (SSSR count).